The monoisotopic (exact) mass is 457 g/mol. The summed E-state index contributed by atoms with van der Waals surface area (Å²) < 4.78 is 43.9. The fourth-order valence-electron chi connectivity index (χ4n) is 3.13. The van der Waals surface area contributed by atoms with Crippen molar-refractivity contribution in [2.45, 2.75) is 85.7 Å². The molecule has 1 aromatic rings. The molecule has 0 fully saturated rings. The van der Waals surface area contributed by atoms with Crippen LogP contribution in [0.4, 0.5) is 13.2 Å². The molecule has 0 bridgehead atoms. The molecule has 0 aliphatic rings. The van der Waals surface area contributed by atoms with Crippen molar-refractivity contribution in [2.75, 3.05) is 0 Å². The van der Waals surface area contributed by atoms with E-state index in [-0.39, 0.29) is 0 Å². The maximum atomic E-state index is 13.2. The second kappa shape index (κ2) is 9.64. The van der Waals surface area contributed by atoms with Crippen molar-refractivity contribution in [3.05, 3.63) is 10.6 Å². The van der Waals surface area contributed by atoms with Crippen molar-refractivity contribution in [3.8, 4) is 0 Å². The van der Waals surface area contributed by atoms with E-state index in [0.29, 0.717) is 4.88 Å². The Kier molecular flexibility index (Phi) is 8.91. The number of nitrogens with zero attached hydrogens (tertiary/aromatic N) is 1. The number of alkyl halides is 3. The predicted octanol–water partition coefficient (Wildman–Crippen LogP) is 6.53. The second-order valence-corrected chi connectivity index (χ2v) is 21.7. The van der Waals surface area contributed by atoms with Gasteiger partial charge in [-0.05, 0) is 0 Å². The normalized spacial score (nSPS) is 12.8. The number of hydrogen-bond acceptors (Lipinski definition) is 2. The summed E-state index contributed by atoms with van der Waals surface area (Å²) in [6.45, 7) is 8.10. The van der Waals surface area contributed by atoms with Crippen LogP contribution in [-0.2, 0) is 6.18 Å². The summed E-state index contributed by atoms with van der Waals surface area (Å²) in [7, 11) is 0. The molecular weight excluding hydrogens is 426 g/mol. The molecule has 0 atom stereocenters. The summed E-state index contributed by atoms with van der Waals surface area (Å²) in [5.74, 6) is 0. The van der Waals surface area contributed by atoms with Crippen LogP contribution in [0.25, 0.3) is 0 Å². The topological polar surface area (TPSA) is 12.9 Å². The first-order valence-electron chi connectivity index (χ1n) is 8.85. The van der Waals surface area contributed by atoms with Crippen molar-refractivity contribution < 1.29 is 13.2 Å². The van der Waals surface area contributed by atoms with E-state index in [9.17, 15) is 13.2 Å². The molecule has 0 unspecified atom stereocenters. The first-order chi connectivity index (χ1) is 10.8. The molecule has 0 aliphatic carbocycles. The van der Waals surface area contributed by atoms with Crippen molar-refractivity contribution in [2.24, 2.45) is 0 Å². The SMILES string of the molecule is CCC[CH2][Sn]([CH2]CCC)([CH2]CCC)[c]1nc(C(F)(F)F)c(C)s1. The first-order valence-corrected chi connectivity index (χ1v) is 17.2. The minimum absolute atomic E-state index is 0.359. The van der Waals surface area contributed by atoms with Gasteiger partial charge >= 0.3 is 147 Å². The Bertz CT molecular complexity index is 449. The summed E-state index contributed by atoms with van der Waals surface area (Å²) in [4.78, 5) is 4.56. The van der Waals surface area contributed by atoms with Crippen LogP contribution >= 0.6 is 11.3 Å². The van der Waals surface area contributed by atoms with E-state index in [4.69, 9.17) is 0 Å². The minimum atomic E-state index is -4.31. The molecule has 0 aliphatic heterocycles. The summed E-state index contributed by atoms with van der Waals surface area (Å²) in [6, 6.07) is 0. The number of aromatic nitrogens is 1. The van der Waals surface area contributed by atoms with Crippen LogP contribution in [0.1, 0.15) is 69.9 Å². The van der Waals surface area contributed by atoms with E-state index < -0.39 is 30.2 Å². The Morgan fingerprint density at radius 1 is 0.913 bits per heavy atom. The fourth-order valence-corrected chi connectivity index (χ4v) is 23.0. The van der Waals surface area contributed by atoms with Gasteiger partial charge in [0.15, 0.2) is 0 Å². The van der Waals surface area contributed by atoms with Crippen molar-refractivity contribution in [3.63, 3.8) is 0 Å². The molecule has 1 nitrogen and oxygen atoms in total. The second-order valence-electron chi connectivity index (χ2n) is 6.51. The van der Waals surface area contributed by atoms with Crippen LogP contribution in [0.3, 0.4) is 0 Å². The van der Waals surface area contributed by atoms with Gasteiger partial charge in [0.05, 0.1) is 0 Å². The number of halogens is 3. The molecule has 23 heavy (non-hydrogen) atoms. The van der Waals surface area contributed by atoms with Crippen LogP contribution in [0.2, 0.25) is 13.3 Å². The average Bonchev–Trinajstić information content (AvgIpc) is 2.89. The van der Waals surface area contributed by atoms with Gasteiger partial charge in [-0.3, -0.25) is 0 Å². The van der Waals surface area contributed by atoms with Crippen LogP contribution in [0, 0.1) is 6.92 Å². The number of rotatable bonds is 10. The Balaban J connectivity index is 3.24. The maximum absolute atomic E-state index is 13.2. The molecular formula is C17H30F3NSSn. The van der Waals surface area contributed by atoms with Gasteiger partial charge in [0.2, 0.25) is 0 Å². The molecule has 0 spiro atoms. The van der Waals surface area contributed by atoms with Crippen molar-refractivity contribution in [1.29, 1.82) is 0 Å². The van der Waals surface area contributed by atoms with Gasteiger partial charge < -0.3 is 0 Å². The van der Waals surface area contributed by atoms with Gasteiger partial charge in [0.25, 0.3) is 0 Å². The van der Waals surface area contributed by atoms with Gasteiger partial charge in [-0.1, -0.05) is 0 Å². The number of thiazole rings is 1. The molecule has 0 aromatic carbocycles. The predicted molar refractivity (Wildman–Crippen MR) is 96.4 cm³/mol. The zero-order valence-electron chi connectivity index (χ0n) is 14.9. The molecule has 134 valence electrons. The van der Waals surface area contributed by atoms with E-state index in [1.54, 1.807) is 6.92 Å². The molecule has 1 aromatic heterocycles. The van der Waals surface area contributed by atoms with E-state index in [0.717, 1.165) is 54.9 Å². The zero-order valence-corrected chi connectivity index (χ0v) is 18.5. The van der Waals surface area contributed by atoms with E-state index in [2.05, 4.69) is 25.8 Å². The molecule has 0 saturated carbocycles. The third kappa shape index (κ3) is 5.91. The van der Waals surface area contributed by atoms with Gasteiger partial charge in [-0.2, -0.15) is 0 Å². The van der Waals surface area contributed by atoms with Gasteiger partial charge in [0.1, 0.15) is 0 Å². The Morgan fingerprint density at radius 3 is 1.65 bits per heavy atom. The standard InChI is InChI=1S/C5H3F3NS.3C4H9.Sn/c1-3-4(5(6,7)8)9-2-10-3;3*1-3-4-2;/h1H3;3*1,3-4H2,2H3;. The Morgan fingerprint density at radius 2 is 1.35 bits per heavy atom. The number of hydrogen-bond donors (Lipinski definition) is 0. The van der Waals surface area contributed by atoms with Crippen LogP contribution < -0.4 is 3.02 Å². The van der Waals surface area contributed by atoms with E-state index in [1.165, 1.54) is 11.3 Å². The van der Waals surface area contributed by atoms with E-state index >= 15 is 0 Å². The molecule has 0 amide bonds. The van der Waals surface area contributed by atoms with Crippen LogP contribution in [0.15, 0.2) is 0 Å². The Hall–Kier alpha value is 0.219. The Labute approximate surface area is 147 Å². The summed E-state index contributed by atoms with van der Waals surface area (Å²) >= 11 is -1.45. The van der Waals surface area contributed by atoms with Crippen molar-refractivity contribution in [1.82, 2.24) is 4.98 Å². The molecule has 6 heteroatoms. The van der Waals surface area contributed by atoms with Crippen LogP contribution in [0.5, 0.6) is 0 Å². The fraction of sp³-hybridized carbons (Fsp3) is 0.824. The van der Waals surface area contributed by atoms with Gasteiger partial charge in [0, 0.05) is 0 Å². The summed E-state index contributed by atoms with van der Waals surface area (Å²) in [5, 5.41) is 0. The van der Waals surface area contributed by atoms with Gasteiger partial charge in [-0.25, -0.2) is 0 Å². The summed E-state index contributed by atoms with van der Waals surface area (Å²) in [6.07, 6.45) is 2.47. The average molecular weight is 456 g/mol. The quantitative estimate of drug-likeness (QED) is 0.365. The first kappa shape index (κ1) is 21.3. The number of unbranched alkanes of at least 4 members (excludes halogenated alkanes) is 3. The molecule has 1 rings (SSSR count). The molecule has 0 N–H and O–H groups in total. The third-order valence-corrected chi connectivity index (χ3v) is 23.2. The van der Waals surface area contributed by atoms with Crippen molar-refractivity contribution >= 4 is 32.7 Å². The van der Waals surface area contributed by atoms with Gasteiger partial charge in [-0.15, -0.1) is 0 Å². The van der Waals surface area contributed by atoms with E-state index in [1.807, 2.05) is 0 Å². The number of aryl methyl sites for hydroxylation is 1. The molecule has 0 saturated heterocycles. The zero-order chi connectivity index (χ0) is 17.5. The molecule has 0 radical (unpaired) electrons. The summed E-state index contributed by atoms with van der Waals surface area (Å²) in [5.41, 5.74) is -0.622. The molecule has 1 heterocycles. The third-order valence-electron chi connectivity index (χ3n) is 4.55. The van der Waals surface area contributed by atoms with Crippen LogP contribution in [-0.4, -0.2) is 23.4 Å².